The van der Waals surface area contributed by atoms with Gasteiger partial charge >= 0.3 is 6.18 Å². The molecule has 136 valence electrons. The van der Waals surface area contributed by atoms with Gasteiger partial charge in [0.25, 0.3) is 0 Å². The predicted octanol–water partition coefficient (Wildman–Crippen LogP) is 2.16. The summed E-state index contributed by atoms with van der Waals surface area (Å²) in [6, 6.07) is 5.90. The molecule has 0 heterocycles. The molecule has 24 heavy (non-hydrogen) atoms. The van der Waals surface area contributed by atoms with E-state index in [4.69, 9.17) is 4.74 Å². The molecule has 8 heteroatoms. The van der Waals surface area contributed by atoms with Gasteiger partial charge in [-0.2, -0.15) is 13.2 Å². The molecule has 1 aromatic carbocycles. The zero-order valence-corrected chi connectivity index (χ0v) is 14.5. The van der Waals surface area contributed by atoms with Crippen LogP contribution in [0.5, 0.6) is 5.75 Å². The summed E-state index contributed by atoms with van der Waals surface area (Å²) >= 11 is 0. The van der Waals surface area contributed by atoms with Gasteiger partial charge in [0.2, 0.25) is 0 Å². The zero-order valence-electron chi connectivity index (χ0n) is 14.5. The molecule has 0 amide bonds. The lowest BCUT2D eigenvalue weighted by Crippen LogP contribution is -2.42. The maximum Gasteiger partial charge on any atom is 0.401 e. The third-order valence-electron chi connectivity index (χ3n) is 3.35. The summed E-state index contributed by atoms with van der Waals surface area (Å²) in [6.07, 6.45) is -4.18. The average Bonchev–Trinajstić information content (AvgIpc) is 2.49. The van der Waals surface area contributed by atoms with Crippen molar-refractivity contribution in [2.24, 2.45) is 4.99 Å². The molecule has 0 aliphatic heterocycles. The summed E-state index contributed by atoms with van der Waals surface area (Å²) in [4.78, 5) is 5.27. The van der Waals surface area contributed by atoms with E-state index >= 15 is 0 Å². The van der Waals surface area contributed by atoms with Crippen LogP contribution < -0.4 is 15.4 Å². The predicted molar refractivity (Wildman–Crippen MR) is 89.5 cm³/mol. The molecule has 0 fully saturated rings. The van der Waals surface area contributed by atoms with Crippen LogP contribution in [0.1, 0.15) is 11.1 Å². The van der Waals surface area contributed by atoms with Gasteiger partial charge in [0.15, 0.2) is 5.96 Å². The molecule has 1 rings (SSSR count). The summed E-state index contributed by atoms with van der Waals surface area (Å²) < 4.78 is 42.1. The van der Waals surface area contributed by atoms with Crippen molar-refractivity contribution in [3.63, 3.8) is 0 Å². The second-order valence-electron chi connectivity index (χ2n) is 5.52. The lowest BCUT2D eigenvalue weighted by molar-refractivity contribution is -0.142. The van der Waals surface area contributed by atoms with E-state index in [0.717, 1.165) is 16.9 Å². The van der Waals surface area contributed by atoms with Crippen LogP contribution in [0.3, 0.4) is 0 Å². The van der Waals surface area contributed by atoms with E-state index in [9.17, 15) is 13.2 Å². The Bertz CT molecular complexity index is 547. The zero-order chi connectivity index (χ0) is 18.2. The van der Waals surface area contributed by atoms with Crippen molar-refractivity contribution in [3.8, 4) is 5.75 Å². The highest BCUT2D eigenvalue weighted by atomic mass is 19.4. The summed E-state index contributed by atoms with van der Waals surface area (Å²) in [7, 11) is 4.66. The number of hydrogen-bond acceptors (Lipinski definition) is 3. The number of aryl methyl sites for hydroxylation is 1. The minimum atomic E-state index is -4.18. The number of alkyl halides is 3. The Balaban J connectivity index is 2.43. The van der Waals surface area contributed by atoms with Crippen molar-refractivity contribution >= 4 is 5.96 Å². The Labute approximate surface area is 140 Å². The molecule has 0 atom stereocenters. The van der Waals surface area contributed by atoms with E-state index < -0.39 is 12.7 Å². The number of nitrogens with zero attached hydrogens (tertiary/aromatic N) is 2. The Morgan fingerprint density at radius 2 is 2.00 bits per heavy atom. The summed E-state index contributed by atoms with van der Waals surface area (Å²) in [6.45, 7) is 2.17. The van der Waals surface area contributed by atoms with Crippen LogP contribution in [-0.4, -0.2) is 57.9 Å². The van der Waals surface area contributed by atoms with Crippen LogP contribution in [0.4, 0.5) is 13.2 Å². The van der Waals surface area contributed by atoms with Crippen LogP contribution in [0.2, 0.25) is 0 Å². The van der Waals surface area contributed by atoms with E-state index in [1.165, 1.54) is 11.9 Å². The molecular formula is C16H25F3N4O. The number of nitrogens with one attached hydrogen (secondary N) is 2. The minimum Gasteiger partial charge on any atom is -0.496 e. The number of guanidine groups is 1. The first-order chi connectivity index (χ1) is 11.2. The third kappa shape index (κ3) is 7.54. The molecule has 0 unspecified atom stereocenters. The molecule has 2 N–H and O–H groups in total. The Hall–Kier alpha value is -1.96. The monoisotopic (exact) mass is 346 g/mol. The Morgan fingerprint density at radius 3 is 2.58 bits per heavy atom. The largest absolute Gasteiger partial charge is 0.496 e. The highest BCUT2D eigenvalue weighted by Crippen LogP contribution is 2.19. The Morgan fingerprint density at radius 1 is 1.29 bits per heavy atom. The standard InChI is InChI=1S/C16H25F3N4O/c1-12-5-6-13(14(9-12)24-4)10-22-15(20-2)21-7-8-23(3)11-16(17,18)19/h5-6,9H,7-8,10-11H2,1-4H3,(H2,20,21,22). The number of halogens is 3. The maximum absolute atomic E-state index is 12.3. The SMILES string of the molecule is CN=C(NCCN(C)CC(F)(F)F)NCc1ccc(C)cc1OC. The first-order valence-corrected chi connectivity index (χ1v) is 7.58. The van der Waals surface area contributed by atoms with Gasteiger partial charge in [-0.25, -0.2) is 0 Å². The molecule has 0 aliphatic carbocycles. The second kappa shape index (κ2) is 9.36. The second-order valence-corrected chi connectivity index (χ2v) is 5.52. The van der Waals surface area contributed by atoms with E-state index in [-0.39, 0.29) is 6.54 Å². The average molecular weight is 346 g/mol. The van der Waals surface area contributed by atoms with Crippen LogP contribution in [-0.2, 0) is 6.54 Å². The van der Waals surface area contributed by atoms with Gasteiger partial charge in [0.1, 0.15) is 5.75 Å². The topological polar surface area (TPSA) is 48.9 Å². The summed E-state index contributed by atoms with van der Waals surface area (Å²) in [5, 5.41) is 6.11. The van der Waals surface area contributed by atoms with E-state index in [2.05, 4.69) is 15.6 Å². The first kappa shape index (κ1) is 20.1. The minimum absolute atomic E-state index is 0.258. The van der Waals surface area contributed by atoms with Crippen molar-refractivity contribution in [2.45, 2.75) is 19.6 Å². The fourth-order valence-electron chi connectivity index (χ4n) is 2.15. The first-order valence-electron chi connectivity index (χ1n) is 7.58. The summed E-state index contributed by atoms with van der Waals surface area (Å²) in [5.74, 6) is 1.31. The van der Waals surface area contributed by atoms with Crippen LogP contribution >= 0.6 is 0 Å². The smallest absolute Gasteiger partial charge is 0.401 e. The number of methoxy groups -OCH3 is 1. The number of benzene rings is 1. The molecule has 0 bridgehead atoms. The number of hydrogen-bond donors (Lipinski definition) is 2. The molecule has 0 spiro atoms. The van der Waals surface area contributed by atoms with Crippen molar-refractivity contribution < 1.29 is 17.9 Å². The molecular weight excluding hydrogens is 321 g/mol. The lowest BCUT2D eigenvalue weighted by atomic mass is 10.1. The third-order valence-corrected chi connectivity index (χ3v) is 3.35. The molecule has 0 radical (unpaired) electrons. The van der Waals surface area contributed by atoms with Crippen molar-refractivity contribution in [3.05, 3.63) is 29.3 Å². The van der Waals surface area contributed by atoms with E-state index in [1.54, 1.807) is 14.2 Å². The van der Waals surface area contributed by atoms with Crippen LogP contribution in [0.25, 0.3) is 0 Å². The molecule has 0 saturated carbocycles. The van der Waals surface area contributed by atoms with Crippen LogP contribution in [0, 0.1) is 6.92 Å². The van der Waals surface area contributed by atoms with Crippen molar-refractivity contribution in [1.29, 1.82) is 0 Å². The number of aliphatic imine (C=N–C) groups is 1. The summed E-state index contributed by atoms with van der Waals surface area (Å²) in [5.41, 5.74) is 2.08. The Kier molecular flexibility index (Phi) is 7.84. The van der Waals surface area contributed by atoms with E-state index in [1.807, 2.05) is 25.1 Å². The van der Waals surface area contributed by atoms with Gasteiger partial charge in [0.05, 0.1) is 13.7 Å². The number of likely N-dealkylation sites (N-methyl/N-ethyl adjacent to an activating group) is 1. The quantitative estimate of drug-likeness (QED) is 0.587. The normalized spacial score (nSPS) is 12.4. The van der Waals surface area contributed by atoms with Crippen molar-refractivity contribution in [1.82, 2.24) is 15.5 Å². The van der Waals surface area contributed by atoms with Gasteiger partial charge in [-0.05, 0) is 25.6 Å². The lowest BCUT2D eigenvalue weighted by Gasteiger charge is -2.19. The van der Waals surface area contributed by atoms with Gasteiger partial charge < -0.3 is 15.4 Å². The van der Waals surface area contributed by atoms with Gasteiger partial charge in [0, 0.05) is 32.2 Å². The highest BCUT2D eigenvalue weighted by Gasteiger charge is 2.28. The van der Waals surface area contributed by atoms with Gasteiger partial charge in [-0.3, -0.25) is 9.89 Å². The molecule has 5 nitrogen and oxygen atoms in total. The van der Waals surface area contributed by atoms with E-state index in [0.29, 0.717) is 19.0 Å². The molecule has 0 saturated heterocycles. The highest BCUT2D eigenvalue weighted by molar-refractivity contribution is 5.79. The number of ether oxygens (including phenoxy) is 1. The molecule has 0 aromatic heterocycles. The molecule has 0 aliphatic rings. The van der Waals surface area contributed by atoms with Gasteiger partial charge in [-0.1, -0.05) is 12.1 Å². The molecule has 1 aromatic rings. The van der Waals surface area contributed by atoms with Crippen molar-refractivity contribution in [2.75, 3.05) is 40.8 Å². The fourth-order valence-corrected chi connectivity index (χ4v) is 2.15. The van der Waals surface area contributed by atoms with Gasteiger partial charge in [-0.15, -0.1) is 0 Å². The van der Waals surface area contributed by atoms with Crippen LogP contribution in [0.15, 0.2) is 23.2 Å². The maximum atomic E-state index is 12.3. The fraction of sp³-hybridized carbons (Fsp3) is 0.562. The number of rotatable bonds is 7.